The van der Waals surface area contributed by atoms with Crippen LogP contribution in [-0.4, -0.2) is 78.6 Å². The molecule has 0 aromatic rings. The second kappa shape index (κ2) is 31.0. The Kier molecular flexibility index (Phi) is 30.2. The second-order valence-corrected chi connectivity index (χ2v) is 8.68. The van der Waals surface area contributed by atoms with Crippen molar-refractivity contribution >= 4 is 5.97 Å². The summed E-state index contributed by atoms with van der Waals surface area (Å²) in [6, 6.07) is 0. The number of rotatable bonds is 30. The lowest BCUT2D eigenvalue weighted by Crippen LogP contribution is -2.14. The molecule has 0 saturated carbocycles. The molecule has 0 amide bonds. The van der Waals surface area contributed by atoms with Crippen LogP contribution in [0.15, 0.2) is 12.7 Å². The van der Waals surface area contributed by atoms with Gasteiger partial charge >= 0.3 is 5.97 Å². The molecule has 208 valence electrons. The molecule has 0 N–H and O–H groups in total. The van der Waals surface area contributed by atoms with E-state index in [4.69, 9.17) is 28.4 Å². The summed E-state index contributed by atoms with van der Waals surface area (Å²) in [6.45, 7) is 11.3. The Morgan fingerprint density at radius 2 is 0.800 bits per heavy atom. The molecule has 0 unspecified atom stereocenters. The quantitative estimate of drug-likeness (QED) is 0.0689. The van der Waals surface area contributed by atoms with E-state index in [2.05, 4.69) is 13.5 Å². The molecule has 0 bridgehead atoms. The van der Waals surface area contributed by atoms with Gasteiger partial charge in [0.05, 0.1) is 59.5 Å². The van der Waals surface area contributed by atoms with Gasteiger partial charge in [0.15, 0.2) is 0 Å². The first-order chi connectivity index (χ1) is 17.3. The smallest absolute Gasteiger partial charge is 0.330 e. The summed E-state index contributed by atoms with van der Waals surface area (Å²) in [6.07, 6.45) is 18.9. The Labute approximate surface area is 215 Å². The zero-order valence-electron chi connectivity index (χ0n) is 22.6. The predicted molar refractivity (Wildman–Crippen MR) is 141 cm³/mol. The largest absolute Gasteiger partial charge is 0.460 e. The molecular weight excluding hydrogens is 448 g/mol. The molecule has 0 radical (unpaired) electrons. The van der Waals surface area contributed by atoms with Crippen LogP contribution in [0.5, 0.6) is 0 Å². The SMILES string of the molecule is C=CC(=O)OCCOCCOCCOCCOCCOCCCCCCCCCCCCCCC. The maximum absolute atomic E-state index is 10.8. The predicted octanol–water partition coefficient (Wildman–Crippen LogP) is 5.89. The molecule has 0 aliphatic heterocycles. The van der Waals surface area contributed by atoms with Crippen molar-refractivity contribution in [1.29, 1.82) is 0 Å². The van der Waals surface area contributed by atoms with E-state index in [1.54, 1.807) is 0 Å². The molecule has 0 spiro atoms. The molecule has 0 fully saturated rings. The fourth-order valence-electron chi connectivity index (χ4n) is 3.46. The second-order valence-electron chi connectivity index (χ2n) is 8.68. The van der Waals surface area contributed by atoms with Crippen LogP contribution in [0.4, 0.5) is 0 Å². The van der Waals surface area contributed by atoms with Crippen LogP contribution in [-0.2, 0) is 33.2 Å². The third-order valence-electron chi connectivity index (χ3n) is 5.52. The summed E-state index contributed by atoms with van der Waals surface area (Å²) in [4.78, 5) is 10.8. The minimum absolute atomic E-state index is 0.221. The first-order valence-corrected chi connectivity index (χ1v) is 14.0. The van der Waals surface area contributed by atoms with Gasteiger partial charge in [0.2, 0.25) is 0 Å². The first kappa shape index (κ1) is 34.0. The number of hydrogen-bond acceptors (Lipinski definition) is 7. The van der Waals surface area contributed by atoms with Crippen LogP contribution in [0.2, 0.25) is 0 Å². The topological polar surface area (TPSA) is 72.5 Å². The number of hydrogen-bond donors (Lipinski definition) is 0. The van der Waals surface area contributed by atoms with E-state index in [1.807, 2.05) is 0 Å². The summed E-state index contributed by atoms with van der Waals surface area (Å²) in [5, 5.41) is 0. The lowest BCUT2D eigenvalue weighted by atomic mass is 10.0. The Hall–Kier alpha value is -0.990. The normalized spacial score (nSPS) is 11.1. The lowest BCUT2D eigenvalue weighted by Gasteiger charge is -2.08. The molecule has 35 heavy (non-hydrogen) atoms. The highest BCUT2D eigenvalue weighted by atomic mass is 16.6. The van der Waals surface area contributed by atoms with Gasteiger partial charge in [-0.3, -0.25) is 0 Å². The third kappa shape index (κ3) is 31.0. The van der Waals surface area contributed by atoms with Gasteiger partial charge in [0, 0.05) is 12.7 Å². The summed E-state index contributed by atoms with van der Waals surface area (Å²) in [7, 11) is 0. The van der Waals surface area contributed by atoms with Crippen molar-refractivity contribution in [3.8, 4) is 0 Å². The fourth-order valence-corrected chi connectivity index (χ4v) is 3.46. The van der Waals surface area contributed by atoms with Crippen molar-refractivity contribution in [3.05, 3.63) is 12.7 Å². The molecule has 0 heterocycles. The molecule has 0 aliphatic carbocycles. The van der Waals surface area contributed by atoms with E-state index in [9.17, 15) is 4.79 Å². The van der Waals surface area contributed by atoms with Gasteiger partial charge in [-0.05, 0) is 6.42 Å². The van der Waals surface area contributed by atoms with E-state index in [0.29, 0.717) is 59.5 Å². The Balaban J connectivity index is 3.03. The average molecular weight is 503 g/mol. The van der Waals surface area contributed by atoms with Gasteiger partial charge in [-0.2, -0.15) is 0 Å². The van der Waals surface area contributed by atoms with Gasteiger partial charge in [0.1, 0.15) is 6.61 Å². The number of carbonyl (C=O) groups is 1. The number of esters is 1. The van der Waals surface area contributed by atoms with E-state index < -0.39 is 5.97 Å². The minimum atomic E-state index is -0.441. The van der Waals surface area contributed by atoms with Crippen LogP contribution < -0.4 is 0 Å². The van der Waals surface area contributed by atoms with Gasteiger partial charge in [0.25, 0.3) is 0 Å². The molecule has 0 aliphatic rings. The van der Waals surface area contributed by atoms with Crippen LogP contribution in [0.3, 0.4) is 0 Å². The minimum Gasteiger partial charge on any atom is -0.460 e. The van der Waals surface area contributed by atoms with E-state index in [-0.39, 0.29) is 6.61 Å². The highest BCUT2D eigenvalue weighted by Gasteiger charge is 1.97. The molecular formula is C28H54O7. The van der Waals surface area contributed by atoms with E-state index in [0.717, 1.165) is 19.1 Å². The van der Waals surface area contributed by atoms with Crippen molar-refractivity contribution in [2.75, 3.05) is 72.7 Å². The summed E-state index contributed by atoms with van der Waals surface area (Å²) in [5.41, 5.74) is 0. The number of carbonyl (C=O) groups excluding carboxylic acids is 1. The molecule has 0 rings (SSSR count). The Morgan fingerprint density at radius 1 is 0.486 bits per heavy atom. The molecule has 7 heteroatoms. The maximum atomic E-state index is 10.8. The van der Waals surface area contributed by atoms with E-state index >= 15 is 0 Å². The van der Waals surface area contributed by atoms with Gasteiger partial charge in [-0.25, -0.2) is 4.79 Å². The van der Waals surface area contributed by atoms with Crippen molar-refractivity contribution in [2.45, 2.75) is 90.4 Å². The standard InChI is InChI=1S/C28H54O7/c1-3-5-6-7-8-9-10-11-12-13-14-15-16-17-30-18-19-31-20-21-32-22-23-33-24-25-34-26-27-35-28(29)4-2/h4H,2-3,5-27H2,1H3. The summed E-state index contributed by atoms with van der Waals surface area (Å²) < 4.78 is 32.0. The highest BCUT2D eigenvalue weighted by molar-refractivity contribution is 5.81. The van der Waals surface area contributed by atoms with Gasteiger partial charge in [-0.1, -0.05) is 90.6 Å². The zero-order chi connectivity index (χ0) is 25.5. The number of unbranched alkanes of at least 4 members (excludes halogenated alkanes) is 12. The third-order valence-corrected chi connectivity index (χ3v) is 5.52. The van der Waals surface area contributed by atoms with Gasteiger partial charge < -0.3 is 28.4 Å². The Morgan fingerprint density at radius 3 is 1.17 bits per heavy atom. The van der Waals surface area contributed by atoms with Crippen molar-refractivity contribution < 1.29 is 33.2 Å². The van der Waals surface area contributed by atoms with Crippen LogP contribution in [0.1, 0.15) is 90.4 Å². The lowest BCUT2D eigenvalue weighted by molar-refractivity contribution is -0.139. The van der Waals surface area contributed by atoms with Crippen molar-refractivity contribution in [2.24, 2.45) is 0 Å². The van der Waals surface area contributed by atoms with Crippen molar-refractivity contribution in [3.63, 3.8) is 0 Å². The van der Waals surface area contributed by atoms with Gasteiger partial charge in [-0.15, -0.1) is 0 Å². The maximum Gasteiger partial charge on any atom is 0.330 e. The Bertz CT molecular complexity index is 432. The molecule has 7 nitrogen and oxygen atoms in total. The van der Waals surface area contributed by atoms with Crippen LogP contribution in [0.25, 0.3) is 0 Å². The van der Waals surface area contributed by atoms with Crippen LogP contribution in [0, 0.1) is 0 Å². The number of ether oxygens (including phenoxy) is 6. The van der Waals surface area contributed by atoms with Crippen molar-refractivity contribution in [1.82, 2.24) is 0 Å². The first-order valence-electron chi connectivity index (χ1n) is 14.0. The zero-order valence-corrected chi connectivity index (χ0v) is 22.6. The molecule has 0 aromatic heterocycles. The fraction of sp³-hybridized carbons (Fsp3) is 0.893. The summed E-state index contributed by atoms with van der Waals surface area (Å²) in [5.74, 6) is -0.441. The monoisotopic (exact) mass is 502 g/mol. The van der Waals surface area contributed by atoms with E-state index in [1.165, 1.54) is 77.0 Å². The molecule has 0 atom stereocenters. The van der Waals surface area contributed by atoms with Crippen LogP contribution >= 0.6 is 0 Å². The highest BCUT2D eigenvalue weighted by Crippen LogP contribution is 2.12. The molecule has 0 saturated heterocycles. The summed E-state index contributed by atoms with van der Waals surface area (Å²) >= 11 is 0. The average Bonchev–Trinajstić information content (AvgIpc) is 2.87. The molecule has 0 aromatic carbocycles.